The summed E-state index contributed by atoms with van der Waals surface area (Å²) in [4.78, 5) is 11.6. The second-order valence-electron chi connectivity index (χ2n) is 5.76. The average Bonchev–Trinajstić information content (AvgIpc) is 2.99. The second kappa shape index (κ2) is 6.11. The van der Waals surface area contributed by atoms with Gasteiger partial charge in [-0.05, 0) is 5.56 Å². The number of fused-ring (bicyclic) bond motifs is 1. The summed E-state index contributed by atoms with van der Waals surface area (Å²) < 4.78 is 0. The van der Waals surface area contributed by atoms with Gasteiger partial charge < -0.3 is 0 Å². The zero-order chi connectivity index (χ0) is 15.6. The summed E-state index contributed by atoms with van der Waals surface area (Å²) in [5.41, 5.74) is 4.40. The number of benzene rings is 2. The zero-order valence-electron chi connectivity index (χ0n) is 12.6. The minimum absolute atomic E-state index is 0.574. The monoisotopic (exact) mass is 321 g/mol. The summed E-state index contributed by atoms with van der Waals surface area (Å²) in [6, 6.07) is 20.4. The second-order valence-corrected chi connectivity index (χ2v) is 6.12. The molecule has 0 saturated carbocycles. The zero-order valence-corrected chi connectivity index (χ0v) is 13.4. The Hall–Kier alpha value is -2.23. The van der Waals surface area contributed by atoms with Gasteiger partial charge >= 0.3 is 0 Å². The smallest absolute Gasteiger partial charge is 0.161 e. The van der Waals surface area contributed by atoms with E-state index in [1.54, 1.807) is 0 Å². The standard InChI is InChI=1S/C19H16ClN3/c20-18-16-12-23(11-14-7-3-1-4-8-14)13-17(16)21-19(22-18)15-9-5-2-6-10-15/h1-10H,11-13H2. The summed E-state index contributed by atoms with van der Waals surface area (Å²) in [5.74, 6) is 0.705. The summed E-state index contributed by atoms with van der Waals surface area (Å²) in [5, 5.41) is 0.574. The van der Waals surface area contributed by atoms with E-state index in [0.717, 1.165) is 36.5 Å². The molecule has 0 aliphatic carbocycles. The lowest BCUT2D eigenvalue weighted by atomic mass is 10.2. The normalized spacial score (nSPS) is 14.0. The highest BCUT2D eigenvalue weighted by Crippen LogP contribution is 2.30. The van der Waals surface area contributed by atoms with Crippen molar-refractivity contribution in [3.05, 3.63) is 82.6 Å². The van der Waals surface area contributed by atoms with Gasteiger partial charge in [0.05, 0.1) is 5.69 Å². The largest absolute Gasteiger partial charge is 0.289 e. The maximum atomic E-state index is 6.42. The van der Waals surface area contributed by atoms with E-state index in [9.17, 15) is 0 Å². The fourth-order valence-electron chi connectivity index (χ4n) is 2.95. The number of halogens is 1. The third-order valence-corrected chi connectivity index (χ3v) is 4.39. The highest BCUT2D eigenvalue weighted by molar-refractivity contribution is 6.30. The van der Waals surface area contributed by atoms with Gasteiger partial charge in [-0.15, -0.1) is 0 Å². The molecule has 1 aliphatic rings. The third-order valence-electron chi connectivity index (χ3n) is 4.08. The minimum atomic E-state index is 0.574. The van der Waals surface area contributed by atoms with Crippen LogP contribution >= 0.6 is 11.6 Å². The van der Waals surface area contributed by atoms with E-state index >= 15 is 0 Å². The lowest BCUT2D eigenvalue weighted by Gasteiger charge is -2.14. The molecule has 4 heteroatoms. The van der Waals surface area contributed by atoms with Crippen LogP contribution in [0.1, 0.15) is 16.8 Å². The van der Waals surface area contributed by atoms with E-state index in [0.29, 0.717) is 11.0 Å². The quantitative estimate of drug-likeness (QED) is 0.673. The van der Waals surface area contributed by atoms with Gasteiger partial charge in [-0.25, -0.2) is 9.97 Å². The first-order chi connectivity index (χ1) is 11.3. The summed E-state index contributed by atoms with van der Waals surface area (Å²) in [6.07, 6.45) is 0. The van der Waals surface area contributed by atoms with E-state index < -0.39 is 0 Å². The first kappa shape index (κ1) is 14.4. The lowest BCUT2D eigenvalue weighted by Crippen LogP contribution is -2.15. The molecule has 0 saturated heterocycles. The Morgan fingerprint density at radius 1 is 0.870 bits per heavy atom. The summed E-state index contributed by atoms with van der Waals surface area (Å²) in [7, 11) is 0. The van der Waals surface area contributed by atoms with Crippen LogP contribution in [0.4, 0.5) is 0 Å². The molecule has 0 spiro atoms. The molecule has 23 heavy (non-hydrogen) atoms. The lowest BCUT2D eigenvalue weighted by molar-refractivity contribution is 0.274. The van der Waals surface area contributed by atoms with E-state index in [4.69, 9.17) is 16.6 Å². The number of nitrogens with zero attached hydrogens (tertiary/aromatic N) is 3. The molecule has 0 N–H and O–H groups in total. The van der Waals surface area contributed by atoms with Gasteiger partial charge in [0.2, 0.25) is 0 Å². The first-order valence-corrected chi connectivity index (χ1v) is 8.04. The summed E-state index contributed by atoms with van der Waals surface area (Å²) >= 11 is 6.42. The average molecular weight is 322 g/mol. The molecule has 114 valence electrons. The Morgan fingerprint density at radius 3 is 2.30 bits per heavy atom. The van der Waals surface area contributed by atoms with Gasteiger partial charge in [-0.3, -0.25) is 4.90 Å². The molecule has 0 fully saturated rings. The number of aromatic nitrogens is 2. The molecular formula is C19H16ClN3. The number of rotatable bonds is 3. The van der Waals surface area contributed by atoms with Crippen molar-refractivity contribution in [2.75, 3.05) is 0 Å². The van der Waals surface area contributed by atoms with Gasteiger partial charge in [0.1, 0.15) is 5.15 Å². The maximum Gasteiger partial charge on any atom is 0.161 e. The minimum Gasteiger partial charge on any atom is -0.289 e. The molecule has 3 aromatic rings. The Kier molecular flexibility index (Phi) is 3.82. The van der Waals surface area contributed by atoms with Crippen LogP contribution in [0.3, 0.4) is 0 Å². The fraction of sp³-hybridized carbons (Fsp3) is 0.158. The molecule has 1 aromatic heterocycles. The third kappa shape index (κ3) is 2.98. The Labute approximate surface area is 140 Å². The highest BCUT2D eigenvalue weighted by atomic mass is 35.5. The van der Waals surface area contributed by atoms with Gasteiger partial charge in [0.25, 0.3) is 0 Å². The van der Waals surface area contributed by atoms with Crippen molar-refractivity contribution >= 4 is 11.6 Å². The van der Waals surface area contributed by atoms with Crippen LogP contribution in [0.5, 0.6) is 0 Å². The molecule has 2 heterocycles. The predicted molar refractivity (Wildman–Crippen MR) is 91.9 cm³/mol. The van der Waals surface area contributed by atoms with Crippen LogP contribution < -0.4 is 0 Å². The van der Waals surface area contributed by atoms with Gasteiger partial charge in [-0.1, -0.05) is 72.3 Å². The van der Waals surface area contributed by atoms with Crippen LogP contribution in [0.25, 0.3) is 11.4 Å². The van der Waals surface area contributed by atoms with Gasteiger partial charge in [0.15, 0.2) is 5.82 Å². The van der Waals surface area contributed by atoms with Crippen LogP contribution in [-0.4, -0.2) is 14.9 Å². The van der Waals surface area contributed by atoms with E-state index in [1.807, 2.05) is 36.4 Å². The Balaban J connectivity index is 1.60. The van der Waals surface area contributed by atoms with Crippen molar-refractivity contribution in [2.45, 2.75) is 19.6 Å². The topological polar surface area (TPSA) is 29.0 Å². The number of hydrogen-bond acceptors (Lipinski definition) is 3. The van der Waals surface area contributed by atoms with Crippen molar-refractivity contribution < 1.29 is 0 Å². The first-order valence-electron chi connectivity index (χ1n) is 7.66. The van der Waals surface area contributed by atoms with Crippen LogP contribution in [0.2, 0.25) is 5.15 Å². The molecule has 0 unspecified atom stereocenters. The van der Waals surface area contributed by atoms with Crippen LogP contribution in [0.15, 0.2) is 60.7 Å². The van der Waals surface area contributed by atoms with Gasteiger partial charge in [0, 0.05) is 30.8 Å². The summed E-state index contributed by atoms with van der Waals surface area (Å²) in [6.45, 7) is 2.51. The fourth-order valence-corrected chi connectivity index (χ4v) is 3.20. The van der Waals surface area contributed by atoms with Crippen LogP contribution in [-0.2, 0) is 19.6 Å². The highest BCUT2D eigenvalue weighted by Gasteiger charge is 2.24. The molecule has 3 nitrogen and oxygen atoms in total. The molecule has 0 bridgehead atoms. The molecule has 2 aromatic carbocycles. The van der Waals surface area contributed by atoms with Crippen molar-refractivity contribution in [1.29, 1.82) is 0 Å². The van der Waals surface area contributed by atoms with Crippen LogP contribution in [0, 0.1) is 0 Å². The Morgan fingerprint density at radius 2 is 1.57 bits per heavy atom. The molecule has 0 amide bonds. The molecule has 0 radical (unpaired) electrons. The number of hydrogen-bond donors (Lipinski definition) is 0. The van der Waals surface area contributed by atoms with Crippen molar-refractivity contribution in [3.8, 4) is 11.4 Å². The Bertz CT molecular complexity index is 819. The predicted octanol–water partition coefficient (Wildman–Crippen LogP) is 4.31. The maximum absolute atomic E-state index is 6.42. The van der Waals surface area contributed by atoms with E-state index in [2.05, 4.69) is 34.1 Å². The van der Waals surface area contributed by atoms with Crippen molar-refractivity contribution in [3.63, 3.8) is 0 Å². The molecule has 1 aliphatic heterocycles. The molecule has 0 atom stereocenters. The van der Waals surface area contributed by atoms with Gasteiger partial charge in [-0.2, -0.15) is 0 Å². The molecule has 4 rings (SSSR count). The SMILES string of the molecule is Clc1nc(-c2ccccc2)nc2c1CN(Cc1ccccc1)C2. The molecular weight excluding hydrogens is 306 g/mol. The van der Waals surface area contributed by atoms with Crippen molar-refractivity contribution in [1.82, 2.24) is 14.9 Å². The van der Waals surface area contributed by atoms with Crippen molar-refractivity contribution in [2.24, 2.45) is 0 Å². The van der Waals surface area contributed by atoms with E-state index in [1.165, 1.54) is 5.56 Å². The van der Waals surface area contributed by atoms with E-state index in [-0.39, 0.29) is 0 Å².